The molecule has 0 radical (unpaired) electrons. The Morgan fingerprint density at radius 3 is 2.70 bits per heavy atom. The Morgan fingerprint density at radius 2 is 1.91 bits per heavy atom. The van der Waals surface area contributed by atoms with Gasteiger partial charge in [0, 0.05) is 38.4 Å². The van der Waals surface area contributed by atoms with Gasteiger partial charge in [-0.2, -0.15) is 0 Å². The zero-order valence-electron chi connectivity index (χ0n) is 20.1. The molecule has 9 heteroatoms. The number of piperidine rings is 1. The van der Waals surface area contributed by atoms with Gasteiger partial charge in [0.25, 0.3) is 0 Å². The van der Waals surface area contributed by atoms with Gasteiger partial charge in [-0.3, -0.25) is 4.99 Å². The third kappa shape index (κ3) is 10.7. The summed E-state index contributed by atoms with van der Waals surface area (Å²) < 4.78 is 22.1. The van der Waals surface area contributed by atoms with Crippen molar-refractivity contribution in [3.63, 3.8) is 0 Å². The lowest BCUT2D eigenvalue weighted by molar-refractivity contribution is 0.0734. The number of anilines is 1. The standard InChI is InChI=1S/C24H40N4O4.HI/c1-20-7-12-28(13-8-20)11-3-9-25-24(26-10-16-30-18-17-29-2)27-21-5-6-22-23(19-21)32-15-4-14-31-22;/h5-6,19-20H,3-4,7-18H2,1-2H3,(H2,25,26,27);1H. The third-order valence-electron chi connectivity index (χ3n) is 5.76. The molecule has 0 atom stereocenters. The fourth-order valence-electron chi connectivity index (χ4n) is 3.77. The summed E-state index contributed by atoms with van der Waals surface area (Å²) in [4.78, 5) is 7.36. The van der Waals surface area contributed by atoms with Crippen LogP contribution in [0.4, 0.5) is 5.69 Å². The molecule has 0 unspecified atom stereocenters. The molecule has 1 fully saturated rings. The highest BCUT2D eigenvalue weighted by Crippen LogP contribution is 2.32. The van der Waals surface area contributed by atoms with Crippen LogP contribution < -0.4 is 20.1 Å². The van der Waals surface area contributed by atoms with Crippen molar-refractivity contribution in [1.82, 2.24) is 10.2 Å². The molecule has 2 heterocycles. The van der Waals surface area contributed by atoms with Crippen molar-refractivity contribution in [2.24, 2.45) is 10.9 Å². The van der Waals surface area contributed by atoms with Crippen LogP contribution in [0.25, 0.3) is 0 Å². The Bertz CT molecular complexity index is 699. The highest BCUT2D eigenvalue weighted by Gasteiger charge is 2.15. The Kier molecular flexibility index (Phi) is 13.8. The first-order valence-corrected chi connectivity index (χ1v) is 12.0. The zero-order chi connectivity index (χ0) is 22.4. The number of methoxy groups -OCH3 is 1. The van der Waals surface area contributed by atoms with Gasteiger partial charge < -0.3 is 34.5 Å². The maximum absolute atomic E-state index is 5.82. The molecule has 2 aliphatic rings. The molecule has 0 saturated carbocycles. The maximum atomic E-state index is 5.82. The molecule has 1 aromatic rings. The lowest BCUT2D eigenvalue weighted by Gasteiger charge is -2.29. The lowest BCUT2D eigenvalue weighted by Crippen LogP contribution is -2.35. The third-order valence-corrected chi connectivity index (χ3v) is 5.76. The Hall–Kier alpha value is -1.30. The molecule has 188 valence electrons. The number of aliphatic imine (C=N–C) groups is 1. The molecule has 2 N–H and O–H groups in total. The first-order valence-electron chi connectivity index (χ1n) is 12.0. The summed E-state index contributed by atoms with van der Waals surface area (Å²) in [7, 11) is 1.68. The van der Waals surface area contributed by atoms with Crippen molar-refractivity contribution in [3.05, 3.63) is 18.2 Å². The van der Waals surface area contributed by atoms with Gasteiger partial charge in [-0.05, 0) is 56.9 Å². The van der Waals surface area contributed by atoms with Crippen LogP contribution in [-0.2, 0) is 9.47 Å². The van der Waals surface area contributed by atoms with E-state index < -0.39 is 0 Å². The van der Waals surface area contributed by atoms with E-state index in [0.29, 0.717) is 39.6 Å². The van der Waals surface area contributed by atoms with Crippen LogP contribution >= 0.6 is 24.0 Å². The van der Waals surface area contributed by atoms with E-state index in [4.69, 9.17) is 23.9 Å². The number of rotatable bonds is 11. The highest BCUT2D eigenvalue weighted by molar-refractivity contribution is 14.0. The number of ether oxygens (including phenoxy) is 4. The molecule has 0 spiro atoms. The molecule has 0 aromatic heterocycles. The van der Waals surface area contributed by atoms with E-state index in [1.807, 2.05) is 18.2 Å². The summed E-state index contributed by atoms with van der Waals surface area (Å²) >= 11 is 0. The first kappa shape index (κ1) is 27.9. The van der Waals surface area contributed by atoms with Gasteiger partial charge in [-0.1, -0.05) is 6.92 Å². The van der Waals surface area contributed by atoms with E-state index in [1.165, 1.54) is 25.9 Å². The minimum Gasteiger partial charge on any atom is -0.490 e. The quantitative estimate of drug-likeness (QED) is 0.181. The van der Waals surface area contributed by atoms with Crippen molar-refractivity contribution >= 4 is 35.6 Å². The summed E-state index contributed by atoms with van der Waals surface area (Å²) in [6.45, 7) is 10.5. The number of hydrogen-bond acceptors (Lipinski definition) is 6. The molecule has 8 nitrogen and oxygen atoms in total. The number of nitrogens with zero attached hydrogens (tertiary/aromatic N) is 2. The Balaban J connectivity index is 0.00000385. The van der Waals surface area contributed by atoms with Crippen LogP contribution in [0.15, 0.2) is 23.2 Å². The van der Waals surface area contributed by atoms with Gasteiger partial charge in [0.2, 0.25) is 0 Å². The fourth-order valence-corrected chi connectivity index (χ4v) is 3.77. The van der Waals surface area contributed by atoms with Gasteiger partial charge in [0.05, 0.1) is 33.0 Å². The van der Waals surface area contributed by atoms with E-state index >= 15 is 0 Å². The van der Waals surface area contributed by atoms with Crippen molar-refractivity contribution in [2.45, 2.75) is 32.6 Å². The van der Waals surface area contributed by atoms with E-state index in [0.717, 1.165) is 55.0 Å². The van der Waals surface area contributed by atoms with Crippen molar-refractivity contribution < 1.29 is 18.9 Å². The van der Waals surface area contributed by atoms with Crippen LogP contribution in [0.3, 0.4) is 0 Å². The number of benzene rings is 1. The number of nitrogens with one attached hydrogen (secondary N) is 2. The first-order chi connectivity index (χ1) is 15.7. The molecule has 1 aromatic carbocycles. The second kappa shape index (κ2) is 16.3. The largest absolute Gasteiger partial charge is 0.490 e. The molecular formula is C24H41IN4O4. The maximum Gasteiger partial charge on any atom is 0.195 e. The summed E-state index contributed by atoms with van der Waals surface area (Å²) in [5, 5.41) is 6.77. The number of halogens is 1. The summed E-state index contributed by atoms with van der Waals surface area (Å²) in [6, 6.07) is 5.92. The van der Waals surface area contributed by atoms with E-state index in [2.05, 4.69) is 22.5 Å². The summed E-state index contributed by atoms with van der Waals surface area (Å²) in [6.07, 6.45) is 4.56. The van der Waals surface area contributed by atoms with Crippen LogP contribution in [0.2, 0.25) is 0 Å². The van der Waals surface area contributed by atoms with Crippen LogP contribution in [0, 0.1) is 5.92 Å². The normalized spacial score (nSPS) is 17.2. The van der Waals surface area contributed by atoms with Crippen LogP contribution in [0.1, 0.15) is 32.6 Å². The molecule has 0 aliphatic carbocycles. The zero-order valence-corrected chi connectivity index (χ0v) is 22.5. The average molecular weight is 577 g/mol. The highest BCUT2D eigenvalue weighted by atomic mass is 127. The number of hydrogen-bond donors (Lipinski definition) is 2. The lowest BCUT2D eigenvalue weighted by atomic mass is 9.99. The minimum absolute atomic E-state index is 0. The van der Waals surface area contributed by atoms with Crippen LogP contribution in [-0.4, -0.2) is 83.7 Å². The van der Waals surface area contributed by atoms with Crippen molar-refractivity contribution in [1.29, 1.82) is 0 Å². The molecule has 1 saturated heterocycles. The molecule has 0 bridgehead atoms. The second-order valence-corrected chi connectivity index (χ2v) is 8.48. The van der Waals surface area contributed by atoms with Gasteiger partial charge in [-0.25, -0.2) is 0 Å². The van der Waals surface area contributed by atoms with E-state index in [9.17, 15) is 0 Å². The molecule has 3 rings (SSSR count). The molecule has 33 heavy (non-hydrogen) atoms. The van der Waals surface area contributed by atoms with Gasteiger partial charge >= 0.3 is 0 Å². The van der Waals surface area contributed by atoms with E-state index in [-0.39, 0.29) is 24.0 Å². The second-order valence-electron chi connectivity index (χ2n) is 8.48. The SMILES string of the molecule is COCCOCCNC(=NCCCN1CCC(C)CC1)Nc1ccc2c(c1)OCCCO2.I. The van der Waals surface area contributed by atoms with Gasteiger partial charge in [-0.15, -0.1) is 24.0 Å². The molecular weight excluding hydrogens is 535 g/mol. The smallest absolute Gasteiger partial charge is 0.195 e. The number of fused-ring (bicyclic) bond motifs is 1. The number of likely N-dealkylation sites (tertiary alicyclic amines) is 1. The molecule has 0 amide bonds. The predicted octanol–water partition coefficient (Wildman–Crippen LogP) is 3.61. The average Bonchev–Trinajstić information content (AvgIpc) is 3.05. The van der Waals surface area contributed by atoms with Crippen molar-refractivity contribution in [3.8, 4) is 11.5 Å². The predicted molar refractivity (Wildman–Crippen MR) is 144 cm³/mol. The summed E-state index contributed by atoms with van der Waals surface area (Å²) in [5.74, 6) is 3.18. The van der Waals surface area contributed by atoms with E-state index in [1.54, 1.807) is 7.11 Å². The Labute approximate surface area is 215 Å². The van der Waals surface area contributed by atoms with Gasteiger partial charge in [0.15, 0.2) is 17.5 Å². The topological polar surface area (TPSA) is 76.6 Å². The molecule has 2 aliphatic heterocycles. The fraction of sp³-hybridized carbons (Fsp3) is 0.708. The summed E-state index contributed by atoms with van der Waals surface area (Å²) in [5.41, 5.74) is 0.922. The van der Waals surface area contributed by atoms with Crippen LogP contribution in [0.5, 0.6) is 11.5 Å². The monoisotopic (exact) mass is 576 g/mol. The number of guanidine groups is 1. The van der Waals surface area contributed by atoms with Crippen molar-refractivity contribution in [2.75, 3.05) is 78.2 Å². The minimum atomic E-state index is 0. The van der Waals surface area contributed by atoms with Gasteiger partial charge in [0.1, 0.15) is 0 Å². The Morgan fingerprint density at radius 1 is 1.12 bits per heavy atom.